The van der Waals surface area contributed by atoms with Crippen molar-refractivity contribution in [2.75, 3.05) is 26.4 Å². The molecule has 0 spiro atoms. The van der Waals surface area contributed by atoms with Gasteiger partial charge in [-0.25, -0.2) is 4.79 Å². The topological polar surface area (TPSA) is 315 Å². The van der Waals surface area contributed by atoms with Gasteiger partial charge in [0.25, 0.3) is 5.79 Å². The number of benzene rings is 1. The van der Waals surface area contributed by atoms with Gasteiger partial charge in [0.05, 0.1) is 45.0 Å². The summed E-state index contributed by atoms with van der Waals surface area (Å²) in [6.07, 6.45) is -24.8. The number of ether oxygens (including phenoxy) is 5. The highest BCUT2D eigenvalue weighted by Crippen LogP contribution is 2.38. The predicted octanol–water partition coefficient (Wildman–Crippen LogP) is -6.32. The number of carboxylic acid groups (broad SMARTS) is 1. The van der Waals surface area contributed by atoms with Gasteiger partial charge in [0.2, 0.25) is 5.91 Å². The molecule has 0 aliphatic carbocycles. The Morgan fingerprint density at radius 2 is 1.58 bits per heavy atom. The fourth-order valence-corrected chi connectivity index (χ4v) is 5.89. The molecule has 0 radical (unpaired) electrons. The minimum atomic E-state index is -3.02. The summed E-state index contributed by atoms with van der Waals surface area (Å²) in [6.45, 7) is -3.05. The van der Waals surface area contributed by atoms with Crippen LogP contribution in [0.4, 0.5) is 0 Å². The average Bonchev–Trinajstić information content (AvgIpc) is 3.07. The first-order valence-corrected chi connectivity index (χ1v) is 15.2. The number of aliphatic hydroxyl groups is 10. The maximum absolute atomic E-state index is 12.9. The number of aliphatic carboxylic acids is 1. The molecule has 0 bridgehead atoms. The molecular formula is C29H43NO18. The number of carboxylic acids is 1. The van der Waals surface area contributed by atoms with E-state index >= 15 is 0 Å². The number of carbonyl (C=O) groups is 2. The molecule has 0 aromatic heterocycles. The normalized spacial score (nSPS) is 40.1. The van der Waals surface area contributed by atoms with Crippen LogP contribution in [0.1, 0.15) is 12.0 Å². The second kappa shape index (κ2) is 16.5. The molecule has 1 amide bonds. The number of rotatable bonds is 13. The predicted molar refractivity (Wildman–Crippen MR) is 153 cm³/mol. The van der Waals surface area contributed by atoms with E-state index in [2.05, 4.69) is 5.32 Å². The van der Waals surface area contributed by atoms with Crippen LogP contribution in [0.25, 0.3) is 0 Å². The highest BCUT2D eigenvalue weighted by Gasteiger charge is 2.60. The third kappa shape index (κ3) is 8.29. The molecule has 19 nitrogen and oxygen atoms in total. The summed E-state index contributed by atoms with van der Waals surface area (Å²) >= 11 is 0. The van der Waals surface area contributed by atoms with Crippen LogP contribution in [-0.4, -0.2) is 186 Å². The van der Waals surface area contributed by atoms with E-state index in [-0.39, 0.29) is 13.0 Å². The highest BCUT2D eigenvalue weighted by atomic mass is 16.8. The Bertz CT molecular complexity index is 1190. The zero-order chi connectivity index (χ0) is 35.3. The standard InChI is InChI=1S/C29H43NO18/c31-8-14(35)20(38)25-19(30-18(37)6-12-4-2-1-3-5-12)13(34)7-29(47-25,28(42)43)48-26-22(40)16(9-32)45-27(23(26)41)46-24-17(10-33)44-11-15(36)21(24)39/h1-5,13-17,19-27,31-36,38-41H,6-11H2,(H,30,37)(H,42,43)/t13-,14-,15?,16?,17?,19-,20-,21?,22+,23?,24-,25?,26?,27+,29+/m1/s1. The molecule has 0 saturated carbocycles. The maximum atomic E-state index is 12.9. The number of aliphatic hydroxyl groups excluding tert-OH is 10. The summed E-state index contributed by atoms with van der Waals surface area (Å²) < 4.78 is 27.6. The van der Waals surface area contributed by atoms with Gasteiger partial charge in [0.1, 0.15) is 67.1 Å². The Labute approximate surface area is 273 Å². The molecule has 1 aromatic carbocycles. The van der Waals surface area contributed by atoms with Crippen molar-refractivity contribution in [1.29, 1.82) is 0 Å². The van der Waals surface area contributed by atoms with Gasteiger partial charge >= 0.3 is 5.97 Å². The first kappa shape index (κ1) is 38.4. The third-order valence-electron chi connectivity index (χ3n) is 8.55. The van der Waals surface area contributed by atoms with E-state index in [0.717, 1.165) is 0 Å². The van der Waals surface area contributed by atoms with Gasteiger partial charge in [-0.15, -0.1) is 0 Å². The molecule has 15 atom stereocenters. The SMILES string of the molecule is O=C(Cc1ccccc1)N[C@H]1C([C@H](O)[C@H](O)CO)O[C@@](OC2C(O)[C@H](O[C@@H]3C(CO)OCC(O)C3O)OC(CO)[C@@H]2O)(C(=O)O)C[C@H]1O. The number of hydrogen-bond acceptors (Lipinski definition) is 17. The number of hydrogen-bond donors (Lipinski definition) is 12. The molecule has 3 fully saturated rings. The van der Waals surface area contributed by atoms with E-state index in [1.165, 1.54) is 0 Å². The second-order valence-electron chi connectivity index (χ2n) is 11.9. The lowest BCUT2D eigenvalue weighted by molar-refractivity contribution is -0.379. The Hall–Kier alpha value is -2.44. The fraction of sp³-hybridized carbons (Fsp3) is 0.724. The molecule has 4 rings (SSSR count). The molecule has 19 heteroatoms. The first-order chi connectivity index (χ1) is 22.8. The first-order valence-electron chi connectivity index (χ1n) is 15.2. The van der Waals surface area contributed by atoms with Gasteiger partial charge < -0.3 is 85.2 Å². The van der Waals surface area contributed by atoms with E-state index in [1.807, 2.05) is 0 Å². The van der Waals surface area contributed by atoms with Crippen LogP contribution in [0.15, 0.2) is 30.3 Å². The minimum absolute atomic E-state index is 0.199. The summed E-state index contributed by atoms with van der Waals surface area (Å²) in [5.41, 5.74) is 0.571. The van der Waals surface area contributed by atoms with Gasteiger partial charge in [-0.05, 0) is 5.56 Å². The van der Waals surface area contributed by atoms with Crippen LogP contribution in [0.3, 0.4) is 0 Å². The smallest absolute Gasteiger partial charge is 0.364 e. The summed E-state index contributed by atoms with van der Waals surface area (Å²) in [4.78, 5) is 25.7. The van der Waals surface area contributed by atoms with Crippen LogP contribution >= 0.6 is 0 Å². The van der Waals surface area contributed by atoms with Crippen molar-refractivity contribution in [3.63, 3.8) is 0 Å². The van der Waals surface area contributed by atoms with Gasteiger partial charge in [-0.3, -0.25) is 4.79 Å². The molecule has 3 aliphatic heterocycles. The summed E-state index contributed by atoms with van der Waals surface area (Å²) in [5.74, 6) is -5.66. The fourth-order valence-electron chi connectivity index (χ4n) is 5.89. The molecule has 12 N–H and O–H groups in total. The van der Waals surface area contributed by atoms with Crippen molar-refractivity contribution < 1.29 is 89.4 Å². The Morgan fingerprint density at radius 1 is 0.917 bits per heavy atom. The molecule has 3 aliphatic rings. The van der Waals surface area contributed by atoms with Crippen LogP contribution in [-0.2, 0) is 39.7 Å². The summed E-state index contributed by atoms with van der Waals surface area (Å²) in [7, 11) is 0. The van der Waals surface area contributed by atoms with E-state index < -0.39 is 129 Å². The van der Waals surface area contributed by atoms with Gasteiger partial charge in [0.15, 0.2) is 6.29 Å². The van der Waals surface area contributed by atoms with Gasteiger partial charge in [-0.2, -0.15) is 0 Å². The van der Waals surface area contributed by atoms with E-state index in [9.17, 15) is 65.8 Å². The van der Waals surface area contributed by atoms with Crippen molar-refractivity contribution in [1.82, 2.24) is 5.32 Å². The number of nitrogens with one attached hydrogen (secondary N) is 1. The molecule has 1 aromatic rings. The lowest BCUT2D eigenvalue weighted by Crippen LogP contribution is -2.71. The molecule has 3 saturated heterocycles. The molecule has 7 unspecified atom stereocenters. The van der Waals surface area contributed by atoms with Crippen LogP contribution in [0, 0.1) is 0 Å². The molecular weight excluding hydrogens is 650 g/mol. The Balaban J connectivity index is 1.61. The highest BCUT2D eigenvalue weighted by molar-refractivity contribution is 5.79. The quantitative estimate of drug-likeness (QED) is 0.0914. The largest absolute Gasteiger partial charge is 0.477 e. The van der Waals surface area contributed by atoms with Crippen LogP contribution in [0.5, 0.6) is 0 Å². The number of amides is 1. The molecule has 3 heterocycles. The van der Waals surface area contributed by atoms with E-state index in [4.69, 9.17) is 23.7 Å². The maximum Gasteiger partial charge on any atom is 0.364 e. The van der Waals surface area contributed by atoms with Crippen molar-refractivity contribution in [3.8, 4) is 0 Å². The Kier molecular flexibility index (Phi) is 13.2. The van der Waals surface area contributed by atoms with Crippen molar-refractivity contribution in [2.45, 2.75) is 104 Å². The van der Waals surface area contributed by atoms with E-state index in [1.54, 1.807) is 30.3 Å². The molecule has 272 valence electrons. The lowest BCUT2D eigenvalue weighted by atomic mass is 9.88. The second-order valence-corrected chi connectivity index (χ2v) is 11.9. The zero-order valence-corrected chi connectivity index (χ0v) is 25.5. The minimum Gasteiger partial charge on any atom is -0.477 e. The third-order valence-corrected chi connectivity index (χ3v) is 8.55. The summed E-state index contributed by atoms with van der Waals surface area (Å²) in [6, 6.07) is 6.80. The number of carbonyl (C=O) groups excluding carboxylic acids is 1. The monoisotopic (exact) mass is 693 g/mol. The van der Waals surface area contributed by atoms with Crippen molar-refractivity contribution in [3.05, 3.63) is 35.9 Å². The van der Waals surface area contributed by atoms with Gasteiger partial charge in [-0.1, -0.05) is 30.3 Å². The average molecular weight is 694 g/mol. The zero-order valence-electron chi connectivity index (χ0n) is 25.5. The molecule has 48 heavy (non-hydrogen) atoms. The van der Waals surface area contributed by atoms with Crippen molar-refractivity contribution in [2.24, 2.45) is 0 Å². The van der Waals surface area contributed by atoms with Crippen LogP contribution in [0.2, 0.25) is 0 Å². The van der Waals surface area contributed by atoms with Crippen molar-refractivity contribution >= 4 is 11.9 Å². The van der Waals surface area contributed by atoms with Gasteiger partial charge in [0, 0.05) is 6.42 Å². The lowest BCUT2D eigenvalue weighted by Gasteiger charge is -2.50. The van der Waals surface area contributed by atoms with Crippen LogP contribution < -0.4 is 5.32 Å². The summed E-state index contributed by atoms with van der Waals surface area (Å²) in [5, 5.41) is 117. The Morgan fingerprint density at radius 3 is 2.19 bits per heavy atom. The van der Waals surface area contributed by atoms with E-state index in [0.29, 0.717) is 5.56 Å².